The molecule has 0 aliphatic carbocycles. The minimum atomic E-state index is -4.09. The predicted molar refractivity (Wildman–Crippen MR) is 165 cm³/mol. The minimum absolute atomic E-state index is 0.0814. The molecule has 0 aliphatic rings. The molecule has 10 nitrogen and oxygen atoms in total. The summed E-state index contributed by atoms with van der Waals surface area (Å²) in [6.45, 7) is 5.23. The van der Waals surface area contributed by atoms with E-state index in [1.54, 1.807) is 18.2 Å². The van der Waals surface area contributed by atoms with E-state index in [2.05, 4.69) is 36.3 Å². The second-order valence-corrected chi connectivity index (χ2v) is 12.8. The van der Waals surface area contributed by atoms with E-state index in [1.807, 2.05) is 69.0 Å². The molecule has 1 N–H and O–H groups in total. The zero-order valence-electron chi connectivity index (χ0n) is 23.7. The number of esters is 1. The lowest BCUT2D eigenvalue weighted by atomic mass is 10.2. The first-order valence-electron chi connectivity index (χ1n) is 13.4. The molecule has 0 amide bonds. The van der Waals surface area contributed by atoms with Crippen molar-refractivity contribution in [3.05, 3.63) is 70.8 Å². The van der Waals surface area contributed by atoms with Crippen LogP contribution in [0.2, 0.25) is 0 Å². The average Bonchev–Trinajstić information content (AvgIpc) is 3.35. The van der Waals surface area contributed by atoms with E-state index in [4.69, 9.17) is 4.74 Å². The summed E-state index contributed by atoms with van der Waals surface area (Å²) in [5.74, 6) is 0.698. The van der Waals surface area contributed by atoms with Crippen LogP contribution in [-0.2, 0) is 19.6 Å². The van der Waals surface area contributed by atoms with Crippen LogP contribution in [0, 0.1) is 6.92 Å². The second kappa shape index (κ2) is 13.5. The summed E-state index contributed by atoms with van der Waals surface area (Å²) < 4.78 is 36.7. The maximum absolute atomic E-state index is 13.9. The number of fused-ring (bicyclic) bond motifs is 1. The number of rotatable bonds is 13. The van der Waals surface area contributed by atoms with Crippen molar-refractivity contribution in [1.82, 2.24) is 19.7 Å². The molecule has 0 fully saturated rings. The number of benzene rings is 2. The number of halogens is 1. The van der Waals surface area contributed by atoms with E-state index in [0.717, 1.165) is 40.3 Å². The third kappa shape index (κ3) is 7.63. The van der Waals surface area contributed by atoms with Crippen molar-refractivity contribution >= 4 is 54.3 Å². The molecule has 12 heteroatoms. The predicted octanol–water partition coefficient (Wildman–Crippen LogP) is 5.00. The van der Waals surface area contributed by atoms with E-state index >= 15 is 0 Å². The van der Waals surface area contributed by atoms with Crippen molar-refractivity contribution in [3.63, 3.8) is 0 Å². The molecule has 2 aromatic heterocycles. The molecule has 41 heavy (non-hydrogen) atoms. The Morgan fingerprint density at radius 1 is 1.07 bits per heavy atom. The van der Waals surface area contributed by atoms with Gasteiger partial charge in [0.1, 0.15) is 12.4 Å². The van der Waals surface area contributed by atoms with E-state index in [1.165, 1.54) is 6.07 Å². The van der Waals surface area contributed by atoms with Gasteiger partial charge in [0.2, 0.25) is 0 Å². The second-order valence-electron chi connectivity index (χ2n) is 9.99. The van der Waals surface area contributed by atoms with Crippen molar-refractivity contribution in [2.75, 3.05) is 50.0 Å². The lowest BCUT2D eigenvalue weighted by Gasteiger charge is -2.24. The van der Waals surface area contributed by atoms with Crippen LogP contribution in [0.1, 0.15) is 25.3 Å². The largest absolute Gasteiger partial charge is 0.464 e. The molecule has 4 rings (SSSR count). The Labute approximate surface area is 249 Å². The lowest BCUT2D eigenvalue weighted by molar-refractivity contribution is -0.141. The topological polar surface area (TPSA) is 110 Å². The van der Waals surface area contributed by atoms with E-state index in [0.29, 0.717) is 28.2 Å². The molecule has 2 heterocycles. The number of aromatic nitrogens is 3. The Balaban J connectivity index is 1.65. The number of sulfonamides is 1. The van der Waals surface area contributed by atoms with Gasteiger partial charge in [-0.25, -0.2) is 8.42 Å². The summed E-state index contributed by atoms with van der Waals surface area (Å²) in [5, 5.41) is 12.7. The summed E-state index contributed by atoms with van der Waals surface area (Å²) in [6.07, 6.45) is 3.42. The van der Waals surface area contributed by atoms with Crippen LogP contribution in [0.4, 0.5) is 11.5 Å². The van der Waals surface area contributed by atoms with Crippen molar-refractivity contribution < 1.29 is 17.9 Å². The fraction of sp³-hybridized carbons (Fsp3) is 0.345. The minimum Gasteiger partial charge on any atom is -0.464 e. The number of unbranched alkanes of at least 4 members (excludes halogenated alkanes) is 1. The molecule has 0 radical (unpaired) electrons. The Morgan fingerprint density at radius 2 is 1.88 bits per heavy atom. The maximum atomic E-state index is 13.9. The van der Waals surface area contributed by atoms with Crippen LogP contribution in [0.3, 0.4) is 0 Å². The van der Waals surface area contributed by atoms with E-state index in [-0.39, 0.29) is 11.5 Å². The van der Waals surface area contributed by atoms with Gasteiger partial charge in [0.05, 0.1) is 22.7 Å². The van der Waals surface area contributed by atoms with Crippen molar-refractivity contribution in [3.8, 4) is 5.82 Å². The Morgan fingerprint density at radius 3 is 2.56 bits per heavy atom. The van der Waals surface area contributed by atoms with Crippen molar-refractivity contribution in [2.45, 2.75) is 31.6 Å². The Hall–Kier alpha value is -3.48. The van der Waals surface area contributed by atoms with Gasteiger partial charge in [0.25, 0.3) is 10.0 Å². The highest BCUT2D eigenvalue weighted by Gasteiger charge is 2.29. The molecule has 4 aromatic rings. The lowest BCUT2D eigenvalue weighted by Crippen LogP contribution is -2.36. The molecule has 0 aliphatic heterocycles. The molecule has 2 aromatic carbocycles. The Kier molecular flexibility index (Phi) is 10.0. The zero-order chi connectivity index (χ0) is 29.6. The number of ether oxygens (including phenoxy) is 1. The Bertz CT molecular complexity index is 1590. The molecular formula is C29H35BrN6O4S. The average molecular weight is 644 g/mol. The van der Waals surface area contributed by atoms with E-state index < -0.39 is 22.5 Å². The van der Waals surface area contributed by atoms with Crippen LogP contribution in [0.5, 0.6) is 0 Å². The van der Waals surface area contributed by atoms with Crippen LogP contribution in [-0.4, -0.2) is 74.4 Å². The van der Waals surface area contributed by atoms with Gasteiger partial charge in [-0.3, -0.25) is 13.7 Å². The van der Waals surface area contributed by atoms with Crippen LogP contribution in [0.25, 0.3) is 16.7 Å². The number of anilines is 2. The monoisotopic (exact) mass is 642 g/mol. The summed E-state index contributed by atoms with van der Waals surface area (Å²) in [5.41, 5.74) is 1.94. The van der Waals surface area contributed by atoms with Gasteiger partial charge in [-0.15, -0.1) is 10.2 Å². The first kappa shape index (κ1) is 30.5. The zero-order valence-corrected chi connectivity index (χ0v) is 26.1. The highest BCUT2D eigenvalue weighted by Crippen LogP contribution is 2.30. The normalized spacial score (nSPS) is 11.7. The van der Waals surface area contributed by atoms with Crippen molar-refractivity contribution in [2.24, 2.45) is 0 Å². The number of likely N-dealkylation sites (N-methyl/N-ethyl adjacent to an activating group) is 1. The first-order valence-corrected chi connectivity index (χ1v) is 15.6. The third-order valence-corrected chi connectivity index (χ3v) is 8.57. The summed E-state index contributed by atoms with van der Waals surface area (Å²) in [7, 11) is -0.0764. The molecule has 0 spiro atoms. The molecule has 0 bridgehead atoms. The molecule has 0 saturated carbocycles. The van der Waals surface area contributed by atoms with Gasteiger partial charge < -0.3 is 15.0 Å². The van der Waals surface area contributed by atoms with Gasteiger partial charge in [-0.05, 0) is 87.6 Å². The number of carbonyl (C=O) groups is 1. The first-order chi connectivity index (χ1) is 19.6. The highest BCUT2D eigenvalue weighted by atomic mass is 79.9. The fourth-order valence-electron chi connectivity index (χ4n) is 4.23. The van der Waals surface area contributed by atoms with Crippen molar-refractivity contribution in [1.29, 1.82) is 0 Å². The standard InChI is InChI=1S/C29H35BrN6O4S/c1-5-6-15-40-29(37)20-36(41(38,39)25-17-21(2)16-23(30)19-25)24-7-8-26-22(18-24)11-13-35(26)28-10-9-27(32-33-28)31-12-14-34(3)4/h7-11,13,16-19H,5-6,12,14-15,20H2,1-4H3,(H,31,32). The van der Waals surface area contributed by atoms with Gasteiger partial charge in [-0.1, -0.05) is 29.3 Å². The van der Waals surface area contributed by atoms with Crippen LogP contribution < -0.4 is 9.62 Å². The number of carbonyl (C=O) groups excluding carboxylic acids is 1. The molecule has 218 valence electrons. The fourth-order valence-corrected chi connectivity index (χ4v) is 6.52. The summed E-state index contributed by atoms with van der Waals surface area (Å²) in [6, 6.07) is 15.8. The molecule has 0 saturated heterocycles. The third-order valence-electron chi connectivity index (χ3n) is 6.36. The van der Waals surface area contributed by atoms with E-state index in [9.17, 15) is 13.2 Å². The molecular weight excluding hydrogens is 608 g/mol. The maximum Gasteiger partial charge on any atom is 0.326 e. The van der Waals surface area contributed by atoms with Gasteiger partial charge in [0.15, 0.2) is 5.82 Å². The quantitative estimate of drug-likeness (QED) is 0.160. The number of nitrogens with one attached hydrogen (secondary N) is 1. The van der Waals surface area contributed by atoms with Gasteiger partial charge >= 0.3 is 5.97 Å². The summed E-state index contributed by atoms with van der Waals surface area (Å²) >= 11 is 3.39. The molecule has 0 atom stereocenters. The number of aryl methyl sites for hydroxylation is 1. The number of hydrogen-bond donors (Lipinski definition) is 1. The highest BCUT2D eigenvalue weighted by molar-refractivity contribution is 9.10. The van der Waals surface area contributed by atoms with Gasteiger partial charge in [-0.2, -0.15) is 0 Å². The van der Waals surface area contributed by atoms with Crippen LogP contribution >= 0.6 is 15.9 Å². The summed E-state index contributed by atoms with van der Waals surface area (Å²) in [4.78, 5) is 14.9. The van der Waals surface area contributed by atoms with Gasteiger partial charge in [0, 0.05) is 29.1 Å². The molecule has 0 unspecified atom stereocenters. The number of hydrogen-bond acceptors (Lipinski definition) is 8. The SMILES string of the molecule is CCCCOC(=O)CN(c1ccc2c(ccn2-c2ccc(NCCN(C)C)nn2)c1)S(=O)(=O)c1cc(C)cc(Br)c1. The number of nitrogens with zero attached hydrogens (tertiary/aromatic N) is 5. The smallest absolute Gasteiger partial charge is 0.326 e. The van der Waals surface area contributed by atoms with Crippen LogP contribution in [0.15, 0.2) is 70.2 Å².